The summed E-state index contributed by atoms with van der Waals surface area (Å²) >= 11 is 0. The van der Waals surface area contributed by atoms with Crippen LogP contribution in [-0.2, 0) is 0 Å². The van der Waals surface area contributed by atoms with Crippen molar-refractivity contribution in [2.45, 2.75) is 0 Å². The first kappa shape index (κ1) is 60.1. The molecule has 0 unspecified atom stereocenters. The van der Waals surface area contributed by atoms with Crippen molar-refractivity contribution in [2.75, 3.05) is 0 Å². The Bertz CT molecular complexity index is 6830. The lowest BCUT2D eigenvalue weighted by atomic mass is 9.85. The van der Waals surface area contributed by atoms with E-state index in [1.807, 2.05) is 24.3 Å². The van der Waals surface area contributed by atoms with Crippen molar-refractivity contribution >= 4 is 86.2 Å². The predicted molar refractivity (Wildman–Crippen MR) is 433 cm³/mol. The van der Waals surface area contributed by atoms with Crippen molar-refractivity contribution in [1.29, 1.82) is 0 Å². The highest BCUT2D eigenvalue weighted by Gasteiger charge is 2.24. The van der Waals surface area contributed by atoms with Gasteiger partial charge < -0.3 is 0 Å². The van der Waals surface area contributed by atoms with E-state index in [0.717, 1.165) is 111 Å². The first-order valence-electron chi connectivity index (χ1n) is 35.3. The van der Waals surface area contributed by atoms with Crippen LogP contribution in [0.3, 0.4) is 0 Å². The lowest BCUT2D eigenvalue weighted by Crippen LogP contribution is -2.02. The summed E-state index contributed by atoms with van der Waals surface area (Å²) in [4.78, 5) is 32.4. The second kappa shape index (κ2) is 25.0. The van der Waals surface area contributed by atoms with Crippen LogP contribution in [0.15, 0.2) is 364 Å². The van der Waals surface area contributed by atoms with E-state index in [9.17, 15) is 0 Å². The molecule has 0 atom stereocenters. The molecule has 482 valence electrons. The normalized spacial score (nSPS) is 11.7. The first-order valence-corrected chi connectivity index (χ1v) is 35.3. The molecule has 6 nitrogen and oxygen atoms in total. The summed E-state index contributed by atoms with van der Waals surface area (Å²) in [5.74, 6) is 3.61. The number of hydrogen-bond donors (Lipinski definition) is 0. The van der Waals surface area contributed by atoms with Gasteiger partial charge >= 0.3 is 0 Å². The minimum atomic E-state index is 0.589. The Hall–Kier alpha value is -13.9. The van der Waals surface area contributed by atoms with E-state index in [0.29, 0.717) is 34.9 Å². The van der Waals surface area contributed by atoms with Gasteiger partial charge in [-0.1, -0.05) is 334 Å². The standard InChI is InChI=1S/C98H60N6/c1-4-26-61(27-5-1)63-50-52-65(53-51-63)94-101-96(104-98(102-94)90-60-89-75-40-13-11-37-72(75)73-38-15-19-45-80(73)91(89)82-47-21-17-43-78(82)90)84-48-22-10-36-71(84)69-34-24-33-67(56-69)68-54-55-83-86(58-68)74-39-12-14-41-76(74)88-59-87(77-42-16-20-46-81(77)92(83)88)79-44-18-23-49-85(79)97-100-93(64-30-8-3-9-31-64)99-95(103-97)70-35-25-32-66(57-70)62-28-6-2-7-29-62/h1-60H. The molecule has 0 amide bonds. The third kappa shape index (κ3) is 10.3. The number of benzene rings is 18. The van der Waals surface area contributed by atoms with Crippen molar-refractivity contribution in [3.63, 3.8) is 0 Å². The van der Waals surface area contributed by atoms with Gasteiger partial charge in [-0.25, -0.2) is 29.9 Å². The summed E-state index contributed by atoms with van der Waals surface area (Å²) in [6, 6.07) is 130. The second-order valence-corrected chi connectivity index (χ2v) is 26.7. The van der Waals surface area contributed by atoms with Gasteiger partial charge in [0, 0.05) is 33.4 Å². The van der Waals surface area contributed by atoms with E-state index in [1.54, 1.807) is 0 Å². The van der Waals surface area contributed by atoms with E-state index < -0.39 is 0 Å². The average molecular weight is 1320 g/mol. The fourth-order valence-corrected chi connectivity index (χ4v) is 15.9. The zero-order chi connectivity index (χ0) is 68.6. The van der Waals surface area contributed by atoms with Crippen LogP contribution in [0.2, 0.25) is 0 Å². The second-order valence-electron chi connectivity index (χ2n) is 26.7. The number of hydrogen-bond acceptors (Lipinski definition) is 6. The summed E-state index contributed by atoms with van der Waals surface area (Å²) in [7, 11) is 0. The van der Waals surface area contributed by atoms with E-state index in [2.05, 4.69) is 340 Å². The molecular formula is C98H60N6. The molecule has 0 spiro atoms. The fourth-order valence-electron chi connectivity index (χ4n) is 15.9. The molecule has 20 rings (SSSR count). The van der Waals surface area contributed by atoms with Crippen LogP contribution in [0.5, 0.6) is 0 Å². The monoisotopic (exact) mass is 1320 g/mol. The van der Waals surface area contributed by atoms with Gasteiger partial charge in [0.2, 0.25) is 0 Å². The molecule has 6 heteroatoms. The van der Waals surface area contributed by atoms with Crippen molar-refractivity contribution < 1.29 is 0 Å². The summed E-state index contributed by atoms with van der Waals surface area (Å²) in [5, 5.41) is 18.9. The van der Waals surface area contributed by atoms with Gasteiger partial charge in [-0.15, -0.1) is 0 Å². The van der Waals surface area contributed by atoms with Crippen molar-refractivity contribution in [3.8, 4) is 124 Å². The fraction of sp³-hybridized carbons (Fsp3) is 0. The summed E-state index contributed by atoms with van der Waals surface area (Å²) in [6.07, 6.45) is 0. The van der Waals surface area contributed by atoms with Crippen molar-refractivity contribution in [2.24, 2.45) is 0 Å². The smallest absolute Gasteiger partial charge is 0.164 e. The maximum atomic E-state index is 5.59. The Morgan fingerprint density at radius 2 is 0.404 bits per heavy atom. The van der Waals surface area contributed by atoms with Crippen LogP contribution in [0, 0.1) is 0 Å². The Balaban J connectivity index is 0.718. The maximum absolute atomic E-state index is 5.59. The molecule has 0 bridgehead atoms. The number of fused-ring (bicyclic) bond motifs is 16. The molecule has 0 saturated carbocycles. The average Bonchev–Trinajstić information content (AvgIpc) is 0.722. The first-order chi connectivity index (χ1) is 51.6. The highest BCUT2D eigenvalue weighted by molar-refractivity contribution is 6.35. The van der Waals surface area contributed by atoms with Gasteiger partial charge in [0.15, 0.2) is 34.9 Å². The Morgan fingerprint density at radius 3 is 0.981 bits per heavy atom. The van der Waals surface area contributed by atoms with Gasteiger partial charge in [0.25, 0.3) is 0 Å². The molecule has 18 aromatic carbocycles. The summed E-state index contributed by atoms with van der Waals surface area (Å²) < 4.78 is 0. The molecular weight excluding hydrogens is 1260 g/mol. The Kier molecular flexibility index (Phi) is 14.5. The van der Waals surface area contributed by atoms with Crippen LogP contribution in [0.1, 0.15) is 0 Å². The molecule has 0 fully saturated rings. The quantitative estimate of drug-likeness (QED) is 0.120. The molecule has 0 aliphatic rings. The van der Waals surface area contributed by atoms with Gasteiger partial charge in [0.1, 0.15) is 0 Å². The van der Waals surface area contributed by atoms with E-state index in [1.165, 1.54) is 64.6 Å². The predicted octanol–water partition coefficient (Wildman–Crippen LogP) is 25.6. The molecule has 0 N–H and O–H groups in total. The summed E-state index contributed by atoms with van der Waals surface area (Å²) in [5.41, 5.74) is 16.4. The zero-order valence-electron chi connectivity index (χ0n) is 56.3. The topological polar surface area (TPSA) is 77.3 Å². The molecule has 20 aromatic rings. The van der Waals surface area contributed by atoms with E-state index in [-0.39, 0.29) is 0 Å². The van der Waals surface area contributed by atoms with E-state index >= 15 is 0 Å². The summed E-state index contributed by atoms with van der Waals surface area (Å²) in [6.45, 7) is 0. The molecule has 0 aliphatic heterocycles. The van der Waals surface area contributed by atoms with E-state index in [4.69, 9.17) is 29.9 Å². The Labute approximate surface area is 600 Å². The molecule has 2 heterocycles. The number of nitrogens with zero attached hydrogens (tertiary/aromatic N) is 6. The van der Waals surface area contributed by atoms with Gasteiger partial charge in [-0.3, -0.25) is 0 Å². The lowest BCUT2D eigenvalue weighted by Gasteiger charge is -2.18. The lowest BCUT2D eigenvalue weighted by molar-refractivity contribution is 1.07. The van der Waals surface area contributed by atoms with Crippen LogP contribution in [0.4, 0.5) is 0 Å². The van der Waals surface area contributed by atoms with Crippen LogP contribution < -0.4 is 0 Å². The molecule has 2 aromatic heterocycles. The Morgan fingerprint density at radius 1 is 0.115 bits per heavy atom. The molecule has 0 saturated heterocycles. The van der Waals surface area contributed by atoms with Crippen molar-refractivity contribution in [3.05, 3.63) is 364 Å². The van der Waals surface area contributed by atoms with Crippen LogP contribution in [-0.4, -0.2) is 29.9 Å². The zero-order valence-corrected chi connectivity index (χ0v) is 56.3. The minimum Gasteiger partial charge on any atom is -0.208 e. The third-order valence-corrected chi connectivity index (χ3v) is 20.7. The molecule has 104 heavy (non-hydrogen) atoms. The van der Waals surface area contributed by atoms with Crippen molar-refractivity contribution in [1.82, 2.24) is 29.9 Å². The van der Waals surface area contributed by atoms with Crippen LogP contribution in [0.25, 0.3) is 210 Å². The molecule has 0 radical (unpaired) electrons. The number of aromatic nitrogens is 6. The SMILES string of the molecule is c1ccc(-c2ccc(-c3nc(-c4ccccc4-c4cccc(-c5ccc6c(c5)c5ccccc5c5cc(-c7ccccc7-c7nc(-c8ccccc8)nc(-c8cccc(-c9ccccc9)c8)n7)c7ccccc7c65)c4)nc(-c4cc5c6ccccc6c6ccccc6c5c5ccccc45)n3)cc2)cc1. The van der Waals surface area contributed by atoms with Gasteiger partial charge in [0.05, 0.1) is 0 Å². The third-order valence-electron chi connectivity index (χ3n) is 20.7. The highest BCUT2D eigenvalue weighted by Crippen LogP contribution is 2.48. The molecule has 0 aliphatic carbocycles. The maximum Gasteiger partial charge on any atom is 0.164 e. The number of rotatable bonds is 11. The van der Waals surface area contributed by atoms with Gasteiger partial charge in [-0.2, -0.15) is 0 Å². The highest BCUT2D eigenvalue weighted by atomic mass is 15.0. The minimum absolute atomic E-state index is 0.589. The van der Waals surface area contributed by atoms with Crippen LogP contribution >= 0.6 is 0 Å². The van der Waals surface area contributed by atoms with Gasteiger partial charge in [-0.05, 0) is 172 Å². The largest absolute Gasteiger partial charge is 0.208 e.